The number of carboxylic acid groups (broad SMARTS) is 1. The summed E-state index contributed by atoms with van der Waals surface area (Å²) < 4.78 is 10.7. The summed E-state index contributed by atoms with van der Waals surface area (Å²) in [6.45, 7) is 3.24. The summed E-state index contributed by atoms with van der Waals surface area (Å²) in [6, 6.07) is 1.50. The van der Waals surface area contributed by atoms with E-state index in [-0.39, 0.29) is 4.88 Å². The van der Waals surface area contributed by atoms with Crippen LogP contribution in [0.25, 0.3) is 0 Å². The molecular weight excluding hydrogens is 240 g/mol. The first kappa shape index (κ1) is 12.3. The molecule has 1 heterocycles. The van der Waals surface area contributed by atoms with E-state index in [0.717, 1.165) is 11.3 Å². The predicted molar refractivity (Wildman–Crippen MR) is 58.3 cm³/mol. The third-order valence-electron chi connectivity index (χ3n) is 1.55. The molecule has 0 aliphatic carbocycles. The Hall–Kier alpha value is -0.780. The van der Waals surface area contributed by atoms with Crippen LogP contribution in [0.2, 0.25) is 4.34 Å². The molecule has 0 aromatic carbocycles. The molecule has 0 amide bonds. The van der Waals surface area contributed by atoms with Crippen LogP contribution in [0.1, 0.15) is 16.6 Å². The highest BCUT2D eigenvalue weighted by Crippen LogP contribution is 2.32. The van der Waals surface area contributed by atoms with E-state index in [4.69, 9.17) is 26.2 Å². The van der Waals surface area contributed by atoms with Crippen LogP contribution in [0.4, 0.5) is 0 Å². The fourth-order valence-electron chi connectivity index (χ4n) is 0.957. The third kappa shape index (κ3) is 3.70. The maximum absolute atomic E-state index is 10.8. The second-order valence-electron chi connectivity index (χ2n) is 2.59. The van der Waals surface area contributed by atoms with Crippen LogP contribution in [0.5, 0.6) is 5.75 Å². The van der Waals surface area contributed by atoms with Crippen molar-refractivity contribution >= 4 is 28.9 Å². The van der Waals surface area contributed by atoms with Gasteiger partial charge in [0.1, 0.15) is 12.4 Å². The quantitative estimate of drug-likeness (QED) is 0.789. The Morgan fingerprint density at radius 3 is 2.93 bits per heavy atom. The van der Waals surface area contributed by atoms with Crippen LogP contribution in [0, 0.1) is 0 Å². The summed E-state index contributed by atoms with van der Waals surface area (Å²) >= 11 is 6.68. The zero-order chi connectivity index (χ0) is 11.3. The zero-order valence-electron chi connectivity index (χ0n) is 8.16. The lowest BCUT2D eigenvalue weighted by Gasteiger charge is -2.04. The van der Waals surface area contributed by atoms with Gasteiger partial charge in [-0.05, 0) is 6.92 Å². The van der Waals surface area contributed by atoms with Crippen LogP contribution >= 0.6 is 22.9 Å². The van der Waals surface area contributed by atoms with Gasteiger partial charge in [-0.25, -0.2) is 4.79 Å². The van der Waals surface area contributed by atoms with Gasteiger partial charge in [0.25, 0.3) is 0 Å². The molecule has 1 rings (SSSR count). The molecule has 0 aliphatic heterocycles. The highest BCUT2D eigenvalue weighted by atomic mass is 35.5. The molecule has 15 heavy (non-hydrogen) atoms. The molecule has 1 aromatic heterocycles. The Morgan fingerprint density at radius 1 is 1.60 bits per heavy atom. The number of aromatic carboxylic acids is 1. The predicted octanol–water partition coefficient (Wildman–Crippen LogP) is 2.51. The Morgan fingerprint density at radius 2 is 2.33 bits per heavy atom. The zero-order valence-corrected chi connectivity index (χ0v) is 9.73. The Kier molecular flexibility index (Phi) is 4.87. The highest BCUT2D eigenvalue weighted by Gasteiger charge is 2.15. The molecule has 4 nitrogen and oxygen atoms in total. The van der Waals surface area contributed by atoms with Crippen molar-refractivity contribution in [3.63, 3.8) is 0 Å². The van der Waals surface area contributed by atoms with Crippen LogP contribution in [-0.4, -0.2) is 30.9 Å². The summed E-state index contributed by atoms with van der Waals surface area (Å²) in [5.74, 6) is -0.726. The van der Waals surface area contributed by atoms with Crippen molar-refractivity contribution in [3.05, 3.63) is 15.3 Å². The van der Waals surface area contributed by atoms with Crippen molar-refractivity contribution < 1.29 is 19.4 Å². The molecule has 84 valence electrons. The number of carbonyl (C=O) groups is 1. The van der Waals surface area contributed by atoms with E-state index in [0.29, 0.717) is 29.9 Å². The number of rotatable bonds is 6. The van der Waals surface area contributed by atoms with Gasteiger partial charge in [-0.2, -0.15) is 0 Å². The Labute approximate surface area is 96.4 Å². The minimum Gasteiger partial charge on any atom is -0.489 e. The van der Waals surface area contributed by atoms with Gasteiger partial charge in [-0.15, -0.1) is 11.3 Å². The standard InChI is InChI=1S/C9H11ClO4S/c1-2-13-3-4-14-6-5-7(10)15-8(6)9(11)12/h5H,2-4H2,1H3,(H,11,12). The lowest BCUT2D eigenvalue weighted by molar-refractivity contribution is 0.0693. The van der Waals surface area contributed by atoms with Crippen LogP contribution in [-0.2, 0) is 4.74 Å². The van der Waals surface area contributed by atoms with E-state index in [1.807, 2.05) is 6.92 Å². The molecule has 0 radical (unpaired) electrons. The van der Waals surface area contributed by atoms with Crippen molar-refractivity contribution in [2.75, 3.05) is 19.8 Å². The molecule has 1 N–H and O–H groups in total. The van der Waals surface area contributed by atoms with E-state index in [1.54, 1.807) is 0 Å². The Bertz CT molecular complexity index is 337. The first-order chi connectivity index (χ1) is 7.15. The third-order valence-corrected chi connectivity index (χ3v) is 2.78. The van der Waals surface area contributed by atoms with Crippen molar-refractivity contribution in [2.45, 2.75) is 6.92 Å². The molecule has 0 atom stereocenters. The Balaban J connectivity index is 2.55. The summed E-state index contributed by atoms with van der Waals surface area (Å²) in [6.07, 6.45) is 0. The van der Waals surface area contributed by atoms with E-state index in [9.17, 15) is 4.79 Å². The largest absolute Gasteiger partial charge is 0.489 e. The number of carboxylic acids is 1. The number of hydrogen-bond acceptors (Lipinski definition) is 4. The first-order valence-electron chi connectivity index (χ1n) is 4.38. The molecule has 1 aromatic rings. The van der Waals surface area contributed by atoms with Crippen molar-refractivity contribution in [3.8, 4) is 5.75 Å². The van der Waals surface area contributed by atoms with Crippen molar-refractivity contribution in [2.24, 2.45) is 0 Å². The fourth-order valence-corrected chi connectivity index (χ4v) is 1.95. The highest BCUT2D eigenvalue weighted by molar-refractivity contribution is 7.18. The topological polar surface area (TPSA) is 55.8 Å². The van der Waals surface area contributed by atoms with Crippen molar-refractivity contribution in [1.82, 2.24) is 0 Å². The fraction of sp³-hybridized carbons (Fsp3) is 0.444. The lowest BCUT2D eigenvalue weighted by atomic mass is 10.4. The van der Waals surface area contributed by atoms with E-state index >= 15 is 0 Å². The van der Waals surface area contributed by atoms with E-state index in [1.165, 1.54) is 6.07 Å². The van der Waals surface area contributed by atoms with Gasteiger partial charge in [0.2, 0.25) is 0 Å². The molecule has 0 bridgehead atoms. The van der Waals surface area contributed by atoms with E-state index in [2.05, 4.69) is 0 Å². The van der Waals surface area contributed by atoms with Crippen molar-refractivity contribution in [1.29, 1.82) is 0 Å². The number of ether oxygens (including phenoxy) is 2. The molecule has 6 heteroatoms. The lowest BCUT2D eigenvalue weighted by Crippen LogP contribution is -2.07. The van der Waals surface area contributed by atoms with Crippen LogP contribution < -0.4 is 4.74 Å². The van der Waals surface area contributed by atoms with Gasteiger partial charge in [-0.3, -0.25) is 0 Å². The van der Waals surface area contributed by atoms with Gasteiger partial charge >= 0.3 is 5.97 Å². The molecule has 0 spiro atoms. The summed E-state index contributed by atoms with van der Waals surface area (Å²) in [4.78, 5) is 10.9. The second-order valence-corrected chi connectivity index (χ2v) is 4.28. The minimum absolute atomic E-state index is 0.122. The maximum atomic E-state index is 10.8. The van der Waals surface area contributed by atoms with Gasteiger partial charge < -0.3 is 14.6 Å². The molecule has 0 fully saturated rings. The number of halogens is 1. The second kappa shape index (κ2) is 5.95. The van der Waals surface area contributed by atoms with Gasteiger partial charge in [0.15, 0.2) is 4.88 Å². The molecule has 0 unspecified atom stereocenters. The first-order valence-corrected chi connectivity index (χ1v) is 5.57. The summed E-state index contributed by atoms with van der Waals surface area (Å²) in [5.41, 5.74) is 0. The molecule has 0 saturated carbocycles. The van der Waals surface area contributed by atoms with Crippen LogP contribution in [0.3, 0.4) is 0 Å². The number of hydrogen-bond donors (Lipinski definition) is 1. The van der Waals surface area contributed by atoms with Crippen LogP contribution in [0.15, 0.2) is 6.07 Å². The van der Waals surface area contributed by atoms with E-state index < -0.39 is 5.97 Å². The molecule has 0 aliphatic rings. The van der Waals surface area contributed by atoms with Gasteiger partial charge in [-0.1, -0.05) is 11.6 Å². The smallest absolute Gasteiger partial charge is 0.349 e. The number of thiophene rings is 1. The average molecular weight is 251 g/mol. The van der Waals surface area contributed by atoms with Gasteiger partial charge in [0, 0.05) is 12.7 Å². The summed E-state index contributed by atoms with van der Waals surface area (Å²) in [5, 5.41) is 8.82. The SMILES string of the molecule is CCOCCOc1cc(Cl)sc1C(=O)O. The summed E-state index contributed by atoms with van der Waals surface area (Å²) in [7, 11) is 0. The molecular formula is C9H11ClO4S. The molecule has 0 saturated heterocycles. The maximum Gasteiger partial charge on any atom is 0.349 e. The average Bonchev–Trinajstić information content (AvgIpc) is 2.55. The monoisotopic (exact) mass is 250 g/mol. The normalized spacial score (nSPS) is 10.3. The van der Waals surface area contributed by atoms with Gasteiger partial charge in [0.05, 0.1) is 10.9 Å². The minimum atomic E-state index is -1.03.